The number of nitrogens with one attached hydrogen (secondary N) is 2. The monoisotopic (exact) mass is 345 g/mol. The molecule has 0 unspecified atom stereocenters. The van der Waals surface area contributed by atoms with Crippen LogP contribution in [-0.4, -0.2) is 22.4 Å². The van der Waals surface area contributed by atoms with Crippen molar-refractivity contribution in [2.75, 3.05) is 6.54 Å². The number of amides is 1. The molecule has 2 heterocycles. The van der Waals surface area contributed by atoms with Crippen LogP contribution in [0.1, 0.15) is 64.8 Å². The minimum atomic E-state index is -0.333. The van der Waals surface area contributed by atoms with Crippen molar-refractivity contribution in [1.82, 2.24) is 15.3 Å². The van der Waals surface area contributed by atoms with E-state index in [-0.39, 0.29) is 16.9 Å². The molecule has 5 nitrogen and oxygen atoms in total. The molecule has 3 rings (SSSR count). The Morgan fingerprint density at radius 3 is 2.92 bits per heavy atom. The van der Waals surface area contributed by atoms with Crippen LogP contribution in [0, 0.1) is 6.92 Å². The van der Waals surface area contributed by atoms with Gasteiger partial charge in [-0.05, 0) is 19.8 Å². The molecule has 2 aromatic rings. The van der Waals surface area contributed by atoms with E-state index < -0.39 is 0 Å². The van der Waals surface area contributed by atoms with E-state index in [0.29, 0.717) is 18.9 Å². The number of carbonyl (C=O) groups is 1. The summed E-state index contributed by atoms with van der Waals surface area (Å²) in [5.41, 5.74) is 1.87. The first-order valence-corrected chi connectivity index (χ1v) is 9.43. The highest BCUT2D eigenvalue weighted by molar-refractivity contribution is 7.09. The van der Waals surface area contributed by atoms with Crippen LogP contribution in [0.4, 0.5) is 0 Å². The topological polar surface area (TPSA) is 74.8 Å². The van der Waals surface area contributed by atoms with E-state index >= 15 is 0 Å². The normalized spacial score (nSPS) is 15.4. The lowest BCUT2D eigenvalue weighted by molar-refractivity contribution is 0.0952. The summed E-state index contributed by atoms with van der Waals surface area (Å²) in [6, 6.07) is 1.44. The highest BCUT2D eigenvalue weighted by Crippen LogP contribution is 2.33. The molecule has 1 fully saturated rings. The molecule has 2 N–H and O–H groups in total. The summed E-state index contributed by atoms with van der Waals surface area (Å²) in [4.78, 5) is 31.5. The minimum Gasteiger partial charge on any atom is -0.364 e. The van der Waals surface area contributed by atoms with Gasteiger partial charge in [-0.2, -0.15) is 0 Å². The number of hydrogen-bond acceptors (Lipinski definition) is 4. The molecule has 0 bridgehead atoms. The number of aromatic nitrogens is 2. The van der Waals surface area contributed by atoms with Crippen molar-refractivity contribution >= 4 is 17.2 Å². The molecule has 1 aliphatic carbocycles. The lowest BCUT2D eigenvalue weighted by atomic mass is 9.87. The number of aromatic amines is 1. The van der Waals surface area contributed by atoms with Gasteiger partial charge in [0.2, 0.25) is 0 Å². The van der Waals surface area contributed by atoms with E-state index in [0.717, 1.165) is 10.7 Å². The van der Waals surface area contributed by atoms with Crippen molar-refractivity contribution in [3.05, 3.63) is 49.8 Å². The van der Waals surface area contributed by atoms with Crippen molar-refractivity contribution in [3.8, 4) is 0 Å². The molecule has 0 aromatic carbocycles. The van der Waals surface area contributed by atoms with Gasteiger partial charge in [-0.1, -0.05) is 19.3 Å². The van der Waals surface area contributed by atoms with Gasteiger partial charge in [-0.3, -0.25) is 9.59 Å². The number of carbonyl (C=O) groups excluding carboxylic acids is 1. The highest BCUT2D eigenvalue weighted by atomic mass is 32.1. The number of thiazole rings is 1. The van der Waals surface area contributed by atoms with Crippen molar-refractivity contribution in [1.29, 1.82) is 0 Å². The van der Waals surface area contributed by atoms with Crippen molar-refractivity contribution in [3.63, 3.8) is 0 Å². The van der Waals surface area contributed by atoms with E-state index in [2.05, 4.69) is 15.7 Å². The molecule has 0 aliphatic heterocycles. The van der Waals surface area contributed by atoms with Gasteiger partial charge in [0.1, 0.15) is 5.56 Å². The maximum Gasteiger partial charge on any atom is 0.256 e. The predicted octanol–water partition coefficient (Wildman–Crippen LogP) is 3.16. The van der Waals surface area contributed by atoms with Crippen molar-refractivity contribution in [2.45, 2.75) is 51.4 Å². The van der Waals surface area contributed by atoms with Gasteiger partial charge in [0.25, 0.3) is 5.91 Å². The number of H-pyrrole nitrogens is 1. The zero-order valence-corrected chi connectivity index (χ0v) is 14.7. The zero-order valence-electron chi connectivity index (χ0n) is 13.9. The molecule has 6 heteroatoms. The summed E-state index contributed by atoms with van der Waals surface area (Å²) >= 11 is 1.67. The van der Waals surface area contributed by atoms with E-state index in [1.807, 2.05) is 0 Å². The van der Waals surface area contributed by atoms with E-state index in [9.17, 15) is 9.59 Å². The second kappa shape index (κ2) is 7.75. The Labute approximate surface area is 145 Å². The number of pyridine rings is 1. The average molecular weight is 345 g/mol. The third-order valence-electron chi connectivity index (χ3n) is 4.52. The number of nitrogens with zero attached hydrogens (tertiary/aromatic N) is 1. The summed E-state index contributed by atoms with van der Waals surface area (Å²) in [6.07, 6.45) is 8.62. The summed E-state index contributed by atoms with van der Waals surface area (Å²) < 4.78 is 0. The second-order valence-electron chi connectivity index (χ2n) is 6.40. The number of hydrogen-bond donors (Lipinski definition) is 2. The number of rotatable bonds is 5. The molecular weight excluding hydrogens is 322 g/mol. The Bertz CT molecular complexity index is 760. The summed E-state index contributed by atoms with van der Waals surface area (Å²) in [6.45, 7) is 2.28. The molecule has 24 heavy (non-hydrogen) atoms. The highest BCUT2D eigenvalue weighted by Gasteiger charge is 2.18. The smallest absolute Gasteiger partial charge is 0.256 e. The molecule has 0 spiro atoms. The average Bonchev–Trinajstić information content (AvgIpc) is 3.04. The molecule has 0 radical (unpaired) electrons. The first kappa shape index (κ1) is 16.9. The van der Waals surface area contributed by atoms with Crippen LogP contribution in [0.25, 0.3) is 0 Å². The van der Waals surface area contributed by atoms with Gasteiger partial charge >= 0.3 is 0 Å². The van der Waals surface area contributed by atoms with Gasteiger partial charge in [0, 0.05) is 42.2 Å². The fraction of sp³-hybridized carbons (Fsp3) is 0.500. The Hall–Kier alpha value is -1.95. The van der Waals surface area contributed by atoms with Crippen LogP contribution in [0.5, 0.6) is 0 Å². The van der Waals surface area contributed by atoms with Gasteiger partial charge < -0.3 is 10.3 Å². The molecule has 1 saturated carbocycles. The van der Waals surface area contributed by atoms with E-state index in [4.69, 9.17) is 4.98 Å². The summed E-state index contributed by atoms with van der Waals surface area (Å²) in [5, 5.41) is 6.02. The third-order valence-corrected chi connectivity index (χ3v) is 5.45. The molecule has 1 amide bonds. The molecule has 2 aromatic heterocycles. The lowest BCUT2D eigenvalue weighted by Crippen LogP contribution is -2.30. The summed E-state index contributed by atoms with van der Waals surface area (Å²) in [5.74, 6) is 0.282. The standard InChI is InChI=1S/C18H23N3O2S/c1-12-9-16(22)14(10-20-12)18(23)19-8-7-17-21-15(11-24-17)13-5-3-2-4-6-13/h9-11,13H,2-8H2,1H3,(H,19,23)(H,20,22). The SMILES string of the molecule is Cc1cc(=O)c(C(=O)NCCc2nc(C3CCCCC3)cs2)c[nH]1. The fourth-order valence-corrected chi connectivity index (χ4v) is 4.03. The zero-order chi connectivity index (χ0) is 16.9. The van der Waals surface area contributed by atoms with Crippen molar-refractivity contribution in [2.24, 2.45) is 0 Å². The van der Waals surface area contributed by atoms with Gasteiger partial charge in [-0.25, -0.2) is 4.98 Å². The van der Waals surface area contributed by atoms with Crippen LogP contribution in [0.2, 0.25) is 0 Å². The quantitative estimate of drug-likeness (QED) is 0.874. The van der Waals surface area contributed by atoms with Crippen LogP contribution in [0.3, 0.4) is 0 Å². The molecule has 0 atom stereocenters. The molecule has 1 aliphatic rings. The Morgan fingerprint density at radius 2 is 2.17 bits per heavy atom. The van der Waals surface area contributed by atoms with Crippen molar-refractivity contribution < 1.29 is 4.79 Å². The maximum absolute atomic E-state index is 12.1. The molecular formula is C18H23N3O2S. The second-order valence-corrected chi connectivity index (χ2v) is 7.34. The van der Waals surface area contributed by atoms with Gasteiger partial charge in [0.15, 0.2) is 5.43 Å². The van der Waals surface area contributed by atoms with E-state index in [1.165, 1.54) is 50.1 Å². The largest absolute Gasteiger partial charge is 0.364 e. The minimum absolute atomic E-state index is 0.155. The molecule has 128 valence electrons. The van der Waals surface area contributed by atoms with Crippen LogP contribution in [-0.2, 0) is 6.42 Å². The lowest BCUT2D eigenvalue weighted by Gasteiger charge is -2.19. The third kappa shape index (κ3) is 4.12. The predicted molar refractivity (Wildman–Crippen MR) is 95.8 cm³/mol. The fourth-order valence-electron chi connectivity index (χ4n) is 3.15. The number of aryl methyl sites for hydroxylation is 1. The van der Waals surface area contributed by atoms with E-state index in [1.54, 1.807) is 18.3 Å². The van der Waals surface area contributed by atoms with Gasteiger partial charge in [-0.15, -0.1) is 11.3 Å². The maximum atomic E-state index is 12.1. The van der Waals surface area contributed by atoms with Crippen LogP contribution in [0.15, 0.2) is 22.4 Å². The first-order valence-electron chi connectivity index (χ1n) is 8.55. The first-order chi connectivity index (χ1) is 11.6. The Morgan fingerprint density at radius 1 is 1.38 bits per heavy atom. The van der Waals surface area contributed by atoms with Crippen LogP contribution >= 0.6 is 11.3 Å². The Kier molecular flexibility index (Phi) is 5.45. The molecule has 0 saturated heterocycles. The Balaban J connectivity index is 1.52. The summed E-state index contributed by atoms with van der Waals surface area (Å²) in [7, 11) is 0. The van der Waals surface area contributed by atoms with Gasteiger partial charge in [0.05, 0.1) is 10.7 Å². The van der Waals surface area contributed by atoms with Crippen LogP contribution < -0.4 is 10.7 Å².